The summed E-state index contributed by atoms with van der Waals surface area (Å²) in [6, 6.07) is 5.65. The van der Waals surface area contributed by atoms with E-state index in [0.29, 0.717) is 5.56 Å². The summed E-state index contributed by atoms with van der Waals surface area (Å²) in [4.78, 5) is 12.0. The van der Waals surface area contributed by atoms with Crippen molar-refractivity contribution in [3.8, 4) is 0 Å². The molecule has 0 atom stereocenters. The molecule has 0 radical (unpaired) electrons. The predicted octanol–water partition coefficient (Wildman–Crippen LogP) is 3.06. The van der Waals surface area contributed by atoms with Crippen LogP contribution in [0.5, 0.6) is 0 Å². The van der Waals surface area contributed by atoms with Crippen molar-refractivity contribution in [3.63, 3.8) is 0 Å². The van der Waals surface area contributed by atoms with Gasteiger partial charge in [0.25, 0.3) is 0 Å². The molecule has 3 heteroatoms. The molecule has 1 rings (SSSR count). The van der Waals surface area contributed by atoms with Gasteiger partial charge in [-0.15, -0.1) is 11.8 Å². The van der Waals surface area contributed by atoms with Crippen LogP contribution in [-0.4, -0.2) is 16.8 Å². The number of thioether (sulfide) groups is 1. The van der Waals surface area contributed by atoms with Crippen LogP contribution in [0, 0.1) is 0 Å². The molecule has 0 fully saturated rings. The monoisotopic (exact) mass is 210 g/mol. The number of benzene rings is 1. The predicted molar refractivity (Wildman–Crippen MR) is 59.2 cm³/mol. The summed E-state index contributed by atoms with van der Waals surface area (Å²) >= 11 is 1.66. The number of rotatable bonds is 4. The summed E-state index contributed by atoms with van der Waals surface area (Å²) in [6.45, 7) is 4.02. The van der Waals surface area contributed by atoms with Crippen molar-refractivity contribution in [1.82, 2.24) is 0 Å². The Hall–Kier alpha value is -0.960. The van der Waals surface area contributed by atoms with Crippen molar-refractivity contribution >= 4 is 17.7 Å². The van der Waals surface area contributed by atoms with Gasteiger partial charge in [0.15, 0.2) is 0 Å². The van der Waals surface area contributed by atoms with E-state index in [-0.39, 0.29) is 0 Å². The van der Waals surface area contributed by atoms with Crippen LogP contribution in [0.1, 0.15) is 29.8 Å². The number of aryl methyl sites for hydroxylation is 1. The quantitative estimate of drug-likeness (QED) is 0.776. The molecule has 0 aliphatic carbocycles. The first-order chi connectivity index (χ1) is 6.69. The number of carbonyl (C=O) groups is 1. The third-order valence-electron chi connectivity index (χ3n) is 2.00. The first kappa shape index (κ1) is 11.1. The zero-order valence-electron chi connectivity index (χ0n) is 8.41. The molecule has 76 valence electrons. The first-order valence-electron chi connectivity index (χ1n) is 4.68. The number of carboxylic acid groups (broad SMARTS) is 1. The maximum atomic E-state index is 10.9. The van der Waals surface area contributed by atoms with Crippen LogP contribution >= 0.6 is 11.8 Å². The highest BCUT2D eigenvalue weighted by Gasteiger charge is 2.09. The Balaban J connectivity index is 3.07. The van der Waals surface area contributed by atoms with E-state index in [4.69, 9.17) is 5.11 Å². The normalized spacial score (nSPS) is 10.1. The van der Waals surface area contributed by atoms with E-state index in [1.807, 2.05) is 19.1 Å². The van der Waals surface area contributed by atoms with Crippen molar-refractivity contribution in [2.75, 3.05) is 5.75 Å². The van der Waals surface area contributed by atoms with Gasteiger partial charge in [0, 0.05) is 4.90 Å². The molecule has 0 saturated carbocycles. The minimum absolute atomic E-state index is 0.436. The van der Waals surface area contributed by atoms with Crippen LogP contribution < -0.4 is 0 Å². The molecule has 2 nitrogen and oxygen atoms in total. The van der Waals surface area contributed by atoms with Crippen LogP contribution in [0.3, 0.4) is 0 Å². The molecule has 14 heavy (non-hydrogen) atoms. The van der Waals surface area contributed by atoms with Gasteiger partial charge in [-0.1, -0.05) is 19.9 Å². The Morgan fingerprint density at radius 3 is 2.64 bits per heavy atom. The van der Waals surface area contributed by atoms with E-state index >= 15 is 0 Å². The summed E-state index contributed by atoms with van der Waals surface area (Å²) in [5.74, 6) is 0.130. The molecule has 0 saturated heterocycles. The van der Waals surface area contributed by atoms with E-state index in [1.54, 1.807) is 17.8 Å². The van der Waals surface area contributed by atoms with Crippen LogP contribution in [0.2, 0.25) is 0 Å². The minimum atomic E-state index is -0.833. The lowest BCUT2D eigenvalue weighted by molar-refractivity contribution is 0.0695. The molecule has 0 amide bonds. The zero-order valence-corrected chi connectivity index (χ0v) is 9.23. The Bertz CT molecular complexity index is 334. The van der Waals surface area contributed by atoms with Crippen molar-refractivity contribution in [2.45, 2.75) is 25.2 Å². The van der Waals surface area contributed by atoms with Gasteiger partial charge >= 0.3 is 5.97 Å². The largest absolute Gasteiger partial charge is 0.478 e. The summed E-state index contributed by atoms with van der Waals surface area (Å²) in [5.41, 5.74) is 1.34. The molecule has 1 aromatic carbocycles. The van der Waals surface area contributed by atoms with Gasteiger partial charge < -0.3 is 5.11 Å². The van der Waals surface area contributed by atoms with Gasteiger partial charge in [0.05, 0.1) is 5.56 Å². The number of aromatic carboxylic acids is 1. The van der Waals surface area contributed by atoms with Gasteiger partial charge in [-0.2, -0.15) is 0 Å². The molecule has 1 N–H and O–H groups in total. The number of hydrogen-bond donors (Lipinski definition) is 1. The SMILES string of the molecule is CCSc1ccc(CC)c(C(=O)O)c1. The van der Waals surface area contributed by atoms with Crippen LogP contribution in [-0.2, 0) is 6.42 Å². The van der Waals surface area contributed by atoms with Crippen molar-refractivity contribution in [1.29, 1.82) is 0 Å². The second-order valence-electron chi connectivity index (χ2n) is 2.91. The average Bonchev–Trinajstić information content (AvgIpc) is 2.18. The highest BCUT2D eigenvalue weighted by Crippen LogP contribution is 2.21. The molecule has 0 aromatic heterocycles. The third-order valence-corrected chi connectivity index (χ3v) is 2.88. The lowest BCUT2D eigenvalue weighted by Crippen LogP contribution is -2.01. The number of carboxylic acids is 1. The van der Waals surface area contributed by atoms with Crippen LogP contribution in [0.4, 0.5) is 0 Å². The van der Waals surface area contributed by atoms with Gasteiger partial charge in [-0.3, -0.25) is 0 Å². The van der Waals surface area contributed by atoms with E-state index in [9.17, 15) is 4.79 Å². The molecular weight excluding hydrogens is 196 g/mol. The van der Waals surface area contributed by atoms with Crippen molar-refractivity contribution in [3.05, 3.63) is 29.3 Å². The topological polar surface area (TPSA) is 37.3 Å². The maximum Gasteiger partial charge on any atom is 0.336 e. The summed E-state index contributed by atoms with van der Waals surface area (Å²) < 4.78 is 0. The van der Waals surface area contributed by atoms with Gasteiger partial charge in [0.1, 0.15) is 0 Å². The Kier molecular flexibility index (Phi) is 4.01. The Morgan fingerprint density at radius 1 is 1.43 bits per heavy atom. The fraction of sp³-hybridized carbons (Fsp3) is 0.364. The lowest BCUT2D eigenvalue weighted by Gasteiger charge is -2.05. The number of hydrogen-bond acceptors (Lipinski definition) is 2. The standard InChI is InChI=1S/C11H14O2S/c1-3-8-5-6-9(14-4-2)7-10(8)11(12)13/h5-7H,3-4H2,1-2H3,(H,12,13). The summed E-state index contributed by atoms with van der Waals surface area (Å²) in [7, 11) is 0. The van der Waals surface area contributed by atoms with Gasteiger partial charge in [0.2, 0.25) is 0 Å². The highest BCUT2D eigenvalue weighted by molar-refractivity contribution is 7.99. The fourth-order valence-electron chi connectivity index (χ4n) is 1.32. The van der Waals surface area contributed by atoms with Gasteiger partial charge in [-0.05, 0) is 29.9 Å². The van der Waals surface area contributed by atoms with E-state index in [0.717, 1.165) is 22.6 Å². The maximum absolute atomic E-state index is 10.9. The lowest BCUT2D eigenvalue weighted by atomic mass is 10.1. The minimum Gasteiger partial charge on any atom is -0.478 e. The average molecular weight is 210 g/mol. The molecule has 0 bridgehead atoms. The molecule has 0 unspecified atom stereocenters. The Labute approximate surface area is 88.3 Å². The van der Waals surface area contributed by atoms with Gasteiger partial charge in [-0.25, -0.2) is 4.79 Å². The smallest absolute Gasteiger partial charge is 0.336 e. The van der Waals surface area contributed by atoms with Crippen molar-refractivity contribution < 1.29 is 9.90 Å². The van der Waals surface area contributed by atoms with E-state index in [1.165, 1.54) is 0 Å². The first-order valence-corrected chi connectivity index (χ1v) is 5.66. The fourth-order valence-corrected chi connectivity index (χ4v) is 2.02. The van der Waals surface area contributed by atoms with Crippen LogP contribution in [0.15, 0.2) is 23.1 Å². The van der Waals surface area contributed by atoms with Crippen molar-refractivity contribution in [2.24, 2.45) is 0 Å². The third kappa shape index (κ3) is 2.51. The summed E-state index contributed by atoms with van der Waals surface area (Å²) in [6.07, 6.45) is 0.763. The van der Waals surface area contributed by atoms with E-state index < -0.39 is 5.97 Å². The molecule has 0 aliphatic heterocycles. The molecule has 0 heterocycles. The molecule has 0 aliphatic rings. The molecule has 0 spiro atoms. The second-order valence-corrected chi connectivity index (χ2v) is 4.25. The molecular formula is C11H14O2S. The zero-order chi connectivity index (χ0) is 10.6. The Morgan fingerprint density at radius 2 is 2.14 bits per heavy atom. The van der Waals surface area contributed by atoms with Crippen LogP contribution in [0.25, 0.3) is 0 Å². The van der Waals surface area contributed by atoms with E-state index in [2.05, 4.69) is 6.92 Å². The summed E-state index contributed by atoms with van der Waals surface area (Å²) in [5, 5.41) is 8.98. The molecule has 1 aromatic rings. The highest BCUT2D eigenvalue weighted by atomic mass is 32.2. The second kappa shape index (κ2) is 5.05.